The molecule has 7 heteroatoms. The lowest BCUT2D eigenvalue weighted by Gasteiger charge is -2.24. The van der Waals surface area contributed by atoms with Gasteiger partial charge in [0, 0.05) is 37.6 Å². The molecule has 4 nitrogen and oxygen atoms in total. The van der Waals surface area contributed by atoms with E-state index in [0.717, 1.165) is 29.9 Å². The number of nitrogens with one attached hydrogen (secondary N) is 2. The summed E-state index contributed by atoms with van der Waals surface area (Å²) in [5.41, 5.74) is 0.144. The summed E-state index contributed by atoms with van der Waals surface area (Å²) in [6.07, 6.45) is 0. The molecule has 0 saturated carbocycles. The lowest BCUT2D eigenvalue weighted by molar-refractivity contribution is 0.422. The van der Waals surface area contributed by atoms with Gasteiger partial charge in [-0.25, -0.2) is 0 Å². The van der Waals surface area contributed by atoms with E-state index in [9.17, 15) is 0 Å². The molecule has 0 fully saturated rings. The average molecular weight is 445 g/mol. The van der Waals surface area contributed by atoms with Crippen LogP contribution in [0.5, 0.6) is 0 Å². The van der Waals surface area contributed by atoms with E-state index in [2.05, 4.69) is 47.4 Å². The Bertz CT molecular complexity index is 442. The van der Waals surface area contributed by atoms with Gasteiger partial charge in [-0.05, 0) is 32.9 Å². The van der Waals surface area contributed by atoms with Crippen LogP contribution in [0.3, 0.4) is 0 Å². The lowest BCUT2D eigenvalue weighted by Crippen LogP contribution is -2.44. The number of aliphatic imine (C=N–C) groups is 1. The number of hydrogen-bond acceptors (Lipinski definition) is 3. The van der Waals surface area contributed by atoms with E-state index >= 15 is 0 Å². The second-order valence-corrected chi connectivity index (χ2v) is 7.51. The zero-order valence-electron chi connectivity index (χ0n) is 13.4. The molecule has 0 aliphatic heterocycles. The van der Waals surface area contributed by atoms with Crippen molar-refractivity contribution in [2.75, 3.05) is 27.2 Å². The molecule has 122 valence electrons. The molecule has 0 atom stereocenters. The third-order valence-corrected chi connectivity index (χ3v) is 3.87. The highest BCUT2D eigenvalue weighted by Gasteiger charge is 2.10. The standard InChI is InChI=1S/C14H25ClN4S.HI/c1-14(2,3)18-9-8-17-13(16-4)19(5)10-11-6-7-12(15)20-11;/h6-7,18H,8-10H2,1-5H3,(H,16,17);1H. The van der Waals surface area contributed by atoms with Crippen LogP contribution in [-0.2, 0) is 6.54 Å². The second-order valence-electron chi connectivity index (χ2n) is 5.71. The zero-order chi connectivity index (χ0) is 15.2. The highest BCUT2D eigenvalue weighted by Crippen LogP contribution is 2.22. The number of rotatable bonds is 5. The molecule has 0 saturated heterocycles. The number of hydrogen-bond donors (Lipinski definition) is 2. The summed E-state index contributed by atoms with van der Waals surface area (Å²) in [6.45, 7) is 9.04. The summed E-state index contributed by atoms with van der Waals surface area (Å²) in [6, 6.07) is 3.98. The SMILES string of the molecule is CN=C(NCCNC(C)(C)C)N(C)Cc1ccc(Cl)s1.I. The Morgan fingerprint density at radius 2 is 2.00 bits per heavy atom. The van der Waals surface area contributed by atoms with Crippen molar-refractivity contribution in [1.29, 1.82) is 0 Å². The van der Waals surface area contributed by atoms with Gasteiger partial charge in [0.05, 0.1) is 10.9 Å². The molecular formula is C14H26ClIN4S. The molecule has 0 unspecified atom stereocenters. The Kier molecular flexibility index (Phi) is 9.84. The van der Waals surface area contributed by atoms with Crippen LogP contribution in [0.25, 0.3) is 0 Å². The fourth-order valence-corrected chi connectivity index (χ4v) is 2.88. The van der Waals surface area contributed by atoms with Crippen LogP contribution in [0.15, 0.2) is 17.1 Å². The van der Waals surface area contributed by atoms with Crippen molar-refractivity contribution < 1.29 is 0 Å². The summed E-state index contributed by atoms with van der Waals surface area (Å²) in [5, 5.41) is 6.80. The Labute approximate surface area is 154 Å². The number of thiophene rings is 1. The van der Waals surface area contributed by atoms with Crippen LogP contribution in [0.4, 0.5) is 0 Å². The van der Waals surface area contributed by atoms with Gasteiger partial charge in [-0.15, -0.1) is 35.3 Å². The van der Waals surface area contributed by atoms with E-state index in [1.807, 2.05) is 13.1 Å². The topological polar surface area (TPSA) is 39.7 Å². The molecule has 0 radical (unpaired) electrons. The minimum absolute atomic E-state index is 0. The highest BCUT2D eigenvalue weighted by molar-refractivity contribution is 14.0. The third kappa shape index (κ3) is 8.85. The molecule has 0 aliphatic carbocycles. The maximum atomic E-state index is 5.95. The largest absolute Gasteiger partial charge is 0.355 e. The molecule has 0 amide bonds. The van der Waals surface area contributed by atoms with Crippen molar-refractivity contribution in [3.8, 4) is 0 Å². The van der Waals surface area contributed by atoms with Crippen molar-refractivity contribution in [2.24, 2.45) is 4.99 Å². The highest BCUT2D eigenvalue weighted by atomic mass is 127. The minimum atomic E-state index is 0. The first-order valence-corrected chi connectivity index (χ1v) is 7.92. The van der Waals surface area contributed by atoms with Gasteiger partial charge in [-0.3, -0.25) is 4.99 Å². The molecule has 21 heavy (non-hydrogen) atoms. The molecule has 0 bridgehead atoms. The van der Waals surface area contributed by atoms with Crippen LogP contribution < -0.4 is 10.6 Å². The zero-order valence-corrected chi connectivity index (χ0v) is 17.3. The molecule has 0 aromatic carbocycles. The third-order valence-electron chi connectivity index (χ3n) is 2.66. The molecule has 0 spiro atoms. The number of guanidine groups is 1. The Morgan fingerprint density at radius 3 is 2.48 bits per heavy atom. The summed E-state index contributed by atoms with van der Waals surface area (Å²) in [4.78, 5) is 7.63. The quantitative estimate of drug-likeness (QED) is 0.316. The Morgan fingerprint density at radius 1 is 1.33 bits per heavy atom. The first-order chi connectivity index (χ1) is 9.31. The van der Waals surface area contributed by atoms with E-state index < -0.39 is 0 Å². The molecule has 1 aromatic rings. The molecule has 2 N–H and O–H groups in total. The van der Waals surface area contributed by atoms with E-state index in [0.29, 0.717) is 0 Å². The molecular weight excluding hydrogens is 419 g/mol. The van der Waals surface area contributed by atoms with Gasteiger partial charge in [0.2, 0.25) is 0 Å². The lowest BCUT2D eigenvalue weighted by atomic mass is 10.1. The van der Waals surface area contributed by atoms with Crippen molar-refractivity contribution in [3.05, 3.63) is 21.3 Å². The van der Waals surface area contributed by atoms with Crippen molar-refractivity contribution in [2.45, 2.75) is 32.9 Å². The van der Waals surface area contributed by atoms with Crippen molar-refractivity contribution in [3.63, 3.8) is 0 Å². The Hall–Kier alpha value is -0.0500. The van der Waals surface area contributed by atoms with Crippen LogP contribution in [-0.4, -0.2) is 43.6 Å². The van der Waals surface area contributed by atoms with Gasteiger partial charge in [0.1, 0.15) is 0 Å². The predicted octanol–water partition coefficient (Wildman–Crippen LogP) is 3.41. The average Bonchev–Trinajstić information content (AvgIpc) is 2.73. The first kappa shape index (κ1) is 20.9. The van der Waals surface area contributed by atoms with Gasteiger partial charge >= 0.3 is 0 Å². The van der Waals surface area contributed by atoms with E-state index in [1.165, 1.54) is 4.88 Å². The maximum Gasteiger partial charge on any atom is 0.193 e. The molecule has 1 aromatic heterocycles. The van der Waals surface area contributed by atoms with Gasteiger partial charge < -0.3 is 15.5 Å². The van der Waals surface area contributed by atoms with Gasteiger partial charge in [0.25, 0.3) is 0 Å². The fourth-order valence-electron chi connectivity index (χ4n) is 1.74. The first-order valence-electron chi connectivity index (χ1n) is 6.73. The minimum Gasteiger partial charge on any atom is -0.355 e. The monoisotopic (exact) mass is 444 g/mol. The van der Waals surface area contributed by atoms with Gasteiger partial charge in [-0.2, -0.15) is 0 Å². The van der Waals surface area contributed by atoms with Gasteiger partial charge in [-0.1, -0.05) is 11.6 Å². The van der Waals surface area contributed by atoms with Crippen LogP contribution in [0.2, 0.25) is 4.34 Å². The molecule has 0 aliphatic rings. The van der Waals surface area contributed by atoms with E-state index in [4.69, 9.17) is 11.6 Å². The summed E-state index contributed by atoms with van der Waals surface area (Å²) >= 11 is 7.55. The second kappa shape index (κ2) is 9.86. The van der Waals surface area contributed by atoms with Crippen LogP contribution in [0, 0.1) is 0 Å². The summed E-state index contributed by atoms with van der Waals surface area (Å²) in [5.74, 6) is 0.894. The van der Waals surface area contributed by atoms with Gasteiger partial charge in [0.15, 0.2) is 5.96 Å². The van der Waals surface area contributed by atoms with Crippen LogP contribution in [0.1, 0.15) is 25.6 Å². The normalized spacial score (nSPS) is 12.0. The van der Waals surface area contributed by atoms with Crippen molar-refractivity contribution >= 4 is 52.9 Å². The number of halogens is 2. The smallest absolute Gasteiger partial charge is 0.193 e. The maximum absolute atomic E-state index is 5.95. The molecule has 1 heterocycles. The van der Waals surface area contributed by atoms with Crippen molar-refractivity contribution in [1.82, 2.24) is 15.5 Å². The summed E-state index contributed by atoms with van der Waals surface area (Å²) < 4.78 is 0.825. The summed E-state index contributed by atoms with van der Waals surface area (Å²) in [7, 11) is 3.83. The fraction of sp³-hybridized carbons (Fsp3) is 0.643. The predicted molar refractivity (Wildman–Crippen MR) is 105 cm³/mol. The van der Waals surface area contributed by atoms with Crippen LogP contribution >= 0.6 is 46.9 Å². The number of nitrogens with zero attached hydrogens (tertiary/aromatic N) is 2. The Balaban J connectivity index is 0.00000400. The van der Waals surface area contributed by atoms with E-state index in [1.54, 1.807) is 18.4 Å². The van der Waals surface area contributed by atoms with E-state index in [-0.39, 0.29) is 29.5 Å². The molecule has 1 rings (SSSR count).